The number of nitrogens with two attached hydrogens (primary N) is 2. The molecule has 1 aromatic carbocycles. The molecular formula is C14H20N2S4. The maximum atomic E-state index is 5.67. The molecule has 1 unspecified atom stereocenters. The molecule has 2 nitrogen and oxygen atoms in total. The van der Waals surface area contributed by atoms with E-state index in [4.69, 9.17) is 35.9 Å². The molecule has 0 radical (unpaired) electrons. The fourth-order valence-corrected chi connectivity index (χ4v) is 3.99. The maximum Gasteiger partial charge on any atom is 0.131 e. The molecule has 0 saturated carbocycles. The Morgan fingerprint density at radius 1 is 1.05 bits per heavy atom. The molecule has 1 rings (SSSR count). The van der Waals surface area contributed by atoms with Crippen molar-refractivity contribution in [3.8, 4) is 0 Å². The number of unbranched alkanes of at least 4 members (excludes halogenated alkanes) is 1. The topological polar surface area (TPSA) is 52.0 Å². The van der Waals surface area contributed by atoms with E-state index >= 15 is 0 Å². The average Bonchev–Trinajstić information content (AvgIpc) is 2.38. The normalized spacial score (nSPS) is 12.0. The van der Waals surface area contributed by atoms with Crippen molar-refractivity contribution >= 4 is 56.6 Å². The van der Waals surface area contributed by atoms with Crippen LogP contribution in [-0.4, -0.2) is 19.6 Å². The zero-order chi connectivity index (χ0) is 14.8. The van der Waals surface area contributed by atoms with Crippen molar-refractivity contribution in [1.29, 1.82) is 0 Å². The van der Waals surface area contributed by atoms with Gasteiger partial charge in [0.1, 0.15) is 8.64 Å². The molecule has 6 heteroatoms. The number of benzene rings is 1. The Labute approximate surface area is 140 Å². The van der Waals surface area contributed by atoms with E-state index in [0.29, 0.717) is 13.9 Å². The van der Waals surface area contributed by atoms with Crippen molar-refractivity contribution in [1.82, 2.24) is 0 Å². The van der Waals surface area contributed by atoms with Crippen LogP contribution in [0.1, 0.15) is 24.8 Å². The minimum atomic E-state index is 0.449. The first-order chi connectivity index (χ1) is 9.58. The van der Waals surface area contributed by atoms with Crippen molar-refractivity contribution < 1.29 is 0 Å². The molecule has 1 atom stereocenters. The van der Waals surface area contributed by atoms with E-state index in [0.717, 1.165) is 31.4 Å². The predicted octanol–water partition coefficient (Wildman–Crippen LogP) is 3.72. The molecule has 0 amide bonds. The molecule has 0 aliphatic rings. The minimum Gasteiger partial charge on any atom is -0.385 e. The van der Waals surface area contributed by atoms with Crippen molar-refractivity contribution in [3.05, 3.63) is 35.9 Å². The Balaban J connectivity index is 2.36. The number of thiocarbonyl (C=S) groups is 2. The van der Waals surface area contributed by atoms with E-state index in [1.54, 1.807) is 23.5 Å². The molecule has 0 saturated heterocycles. The van der Waals surface area contributed by atoms with Gasteiger partial charge in [-0.1, -0.05) is 84.7 Å². The average molecular weight is 345 g/mol. The van der Waals surface area contributed by atoms with Crippen LogP contribution >= 0.6 is 48.0 Å². The Bertz CT molecular complexity index is 422. The lowest BCUT2D eigenvalue weighted by Gasteiger charge is -2.15. The first-order valence-electron chi connectivity index (χ1n) is 6.50. The van der Waals surface area contributed by atoms with E-state index in [9.17, 15) is 0 Å². The Morgan fingerprint density at radius 3 is 2.35 bits per heavy atom. The van der Waals surface area contributed by atoms with Gasteiger partial charge in [0.25, 0.3) is 0 Å². The van der Waals surface area contributed by atoms with E-state index in [1.165, 1.54) is 5.56 Å². The van der Waals surface area contributed by atoms with E-state index in [2.05, 4.69) is 24.3 Å². The van der Waals surface area contributed by atoms with Crippen LogP contribution in [0.3, 0.4) is 0 Å². The lowest BCUT2D eigenvalue weighted by atomic mass is 10.1. The lowest BCUT2D eigenvalue weighted by Crippen LogP contribution is -2.14. The standard InChI is InChI=1S/C14H20N2S4/c15-13(17)19-9-5-4-8-12(20-14(16)18)10-11-6-2-1-3-7-11/h1-3,6-7,12H,4-5,8-10H2,(H2,15,17)(H2,16,18). The minimum absolute atomic E-state index is 0.449. The lowest BCUT2D eigenvalue weighted by molar-refractivity contribution is 0.686. The maximum absolute atomic E-state index is 5.67. The van der Waals surface area contributed by atoms with Gasteiger partial charge in [0.2, 0.25) is 0 Å². The van der Waals surface area contributed by atoms with Crippen LogP contribution in [0.2, 0.25) is 0 Å². The van der Waals surface area contributed by atoms with E-state index in [-0.39, 0.29) is 0 Å². The van der Waals surface area contributed by atoms with Gasteiger partial charge in [-0.3, -0.25) is 0 Å². The molecular weight excluding hydrogens is 324 g/mol. The molecule has 0 aliphatic heterocycles. The summed E-state index contributed by atoms with van der Waals surface area (Å²) in [6, 6.07) is 10.5. The van der Waals surface area contributed by atoms with Gasteiger partial charge >= 0.3 is 0 Å². The first kappa shape index (κ1) is 17.8. The fourth-order valence-electron chi connectivity index (χ4n) is 1.89. The van der Waals surface area contributed by atoms with Crippen molar-refractivity contribution in [2.75, 3.05) is 5.75 Å². The van der Waals surface area contributed by atoms with Crippen molar-refractivity contribution in [3.63, 3.8) is 0 Å². The number of rotatable bonds is 8. The number of hydrogen-bond donors (Lipinski definition) is 2. The second-order valence-corrected chi connectivity index (χ2v) is 8.29. The zero-order valence-electron chi connectivity index (χ0n) is 11.3. The Kier molecular flexibility index (Phi) is 9.26. The molecule has 0 bridgehead atoms. The molecule has 0 heterocycles. The second kappa shape index (κ2) is 10.4. The summed E-state index contributed by atoms with van der Waals surface area (Å²) in [5.74, 6) is 0.991. The highest BCUT2D eigenvalue weighted by molar-refractivity contribution is 8.23. The molecule has 0 aromatic heterocycles. The summed E-state index contributed by atoms with van der Waals surface area (Å²) in [6.07, 6.45) is 4.37. The third kappa shape index (κ3) is 8.79. The number of thioether (sulfide) groups is 2. The molecule has 110 valence electrons. The van der Waals surface area contributed by atoms with Gasteiger partial charge in [0.15, 0.2) is 0 Å². The van der Waals surface area contributed by atoms with Gasteiger partial charge in [-0.2, -0.15) is 0 Å². The summed E-state index contributed by atoms with van der Waals surface area (Å²) >= 11 is 13.0. The predicted molar refractivity (Wildman–Crippen MR) is 101 cm³/mol. The molecule has 4 N–H and O–H groups in total. The summed E-state index contributed by atoms with van der Waals surface area (Å²) in [6.45, 7) is 0. The zero-order valence-corrected chi connectivity index (χ0v) is 14.6. The molecule has 0 spiro atoms. The summed E-state index contributed by atoms with van der Waals surface area (Å²) in [4.78, 5) is 0. The van der Waals surface area contributed by atoms with Crippen LogP contribution in [0.25, 0.3) is 0 Å². The van der Waals surface area contributed by atoms with Gasteiger partial charge in [-0.25, -0.2) is 0 Å². The van der Waals surface area contributed by atoms with E-state index < -0.39 is 0 Å². The third-order valence-electron chi connectivity index (χ3n) is 2.75. The Morgan fingerprint density at radius 2 is 1.75 bits per heavy atom. The monoisotopic (exact) mass is 344 g/mol. The molecule has 0 aliphatic carbocycles. The summed E-state index contributed by atoms with van der Waals surface area (Å²) in [5.41, 5.74) is 12.5. The highest BCUT2D eigenvalue weighted by Crippen LogP contribution is 2.22. The van der Waals surface area contributed by atoms with Crippen molar-refractivity contribution in [2.45, 2.75) is 30.9 Å². The summed E-state index contributed by atoms with van der Waals surface area (Å²) in [5, 5.41) is 0.449. The first-order valence-corrected chi connectivity index (χ1v) is 9.18. The quantitative estimate of drug-likeness (QED) is 0.554. The van der Waals surface area contributed by atoms with Crippen molar-refractivity contribution in [2.24, 2.45) is 11.5 Å². The van der Waals surface area contributed by atoms with Gasteiger partial charge in [-0.05, 0) is 24.8 Å². The largest absolute Gasteiger partial charge is 0.385 e. The van der Waals surface area contributed by atoms with E-state index in [1.807, 2.05) is 6.07 Å². The van der Waals surface area contributed by atoms with Crippen LogP contribution in [0.5, 0.6) is 0 Å². The van der Waals surface area contributed by atoms with Crippen LogP contribution in [0.15, 0.2) is 30.3 Å². The van der Waals surface area contributed by atoms with Gasteiger partial charge in [0, 0.05) is 11.0 Å². The molecule has 1 aromatic rings. The molecule has 0 fully saturated rings. The van der Waals surface area contributed by atoms with Crippen LogP contribution in [-0.2, 0) is 6.42 Å². The fraction of sp³-hybridized carbons (Fsp3) is 0.429. The van der Waals surface area contributed by atoms with Gasteiger partial charge in [0.05, 0.1) is 0 Å². The highest BCUT2D eigenvalue weighted by atomic mass is 32.2. The third-order valence-corrected chi connectivity index (χ3v) is 5.14. The van der Waals surface area contributed by atoms with Gasteiger partial charge in [-0.15, -0.1) is 0 Å². The SMILES string of the molecule is NC(=S)SCCCCC(Cc1ccccc1)SC(N)=S. The summed E-state index contributed by atoms with van der Waals surface area (Å²) < 4.78 is 1.06. The smallest absolute Gasteiger partial charge is 0.131 e. The van der Waals surface area contributed by atoms with Crippen LogP contribution in [0.4, 0.5) is 0 Å². The van der Waals surface area contributed by atoms with Crippen LogP contribution < -0.4 is 11.5 Å². The molecule has 20 heavy (non-hydrogen) atoms. The Hall–Kier alpha value is -0.300. The van der Waals surface area contributed by atoms with Crippen LogP contribution in [0, 0.1) is 0 Å². The van der Waals surface area contributed by atoms with Gasteiger partial charge < -0.3 is 11.5 Å². The summed E-state index contributed by atoms with van der Waals surface area (Å²) in [7, 11) is 0. The highest BCUT2D eigenvalue weighted by Gasteiger charge is 2.11. The number of hydrogen-bond acceptors (Lipinski definition) is 4. The second-order valence-electron chi connectivity index (χ2n) is 4.41.